The highest BCUT2D eigenvalue weighted by Gasteiger charge is 2.14. The lowest BCUT2D eigenvalue weighted by Crippen LogP contribution is -2.08. The Balaban J connectivity index is 2.38. The van der Waals surface area contributed by atoms with Crippen molar-refractivity contribution < 1.29 is 13.2 Å². The first-order valence-electron chi connectivity index (χ1n) is 5.66. The van der Waals surface area contributed by atoms with Crippen LogP contribution in [-0.4, -0.2) is 0 Å². The Morgan fingerprint density at radius 1 is 1.00 bits per heavy atom. The van der Waals surface area contributed by atoms with Crippen molar-refractivity contribution in [2.45, 2.75) is 22.8 Å². The minimum atomic E-state index is -0.927. The summed E-state index contributed by atoms with van der Waals surface area (Å²) < 4.78 is 39.7. The van der Waals surface area contributed by atoms with E-state index >= 15 is 0 Å². The molecule has 0 aliphatic rings. The Labute approximate surface area is 113 Å². The lowest BCUT2D eigenvalue weighted by Gasteiger charge is -2.13. The molecule has 1 atom stereocenters. The second kappa shape index (κ2) is 5.67. The maximum absolute atomic E-state index is 13.7. The molecule has 0 aliphatic heterocycles. The summed E-state index contributed by atoms with van der Waals surface area (Å²) in [5.74, 6) is -2.23. The van der Waals surface area contributed by atoms with Gasteiger partial charge in [0.15, 0.2) is 11.6 Å². The van der Waals surface area contributed by atoms with E-state index in [0.29, 0.717) is 15.4 Å². The largest absolute Gasteiger partial charge is 0.324 e. The van der Waals surface area contributed by atoms with Crippen LogP contribution in [0, 0.1) is 17.5 Å². The first-order chi connectivity index (χ1) is 8.99. The van der Waals surface area contributed by atoms with E-state index in [2.05, 4.69) is 0 Å². The molecular formula is C14H12F3NS. The van der Waals surface area contributed by atoms with Crippen LogP contribution in [0.3, 0.4) is 0 Å². The quantitative estimate of drug-likeness (QED) is 0.910. The molecule has 0 aromatic heterocycles. The van der Waals surface area contributed by atoms with Gasteiger partial charge in [0, 0.05) is 21.4 Å². The van der Waals surface area contributed by atoms with Crippen LogP contribution in [0.25, 0.3) is 0 Å². The molecule has 2 N–H and O–H groups in total. The van der Waals surface area contributed by atoms with E-state index in [4.69, 9.17) is 5.73 Å². The number of hydrogen-bond acceptors (Lipinski definition) is 2. The summed E-state index contributed by atoms with van der Waals surface area (Å²) in [7, 11) is 0. The first kappa shape index (κ1) is 14.0. The first-order valence-corrected chi connectivity index (χ1v) is 6.47. The van der Waals surface area contributed by atoms with Gasteiger partial charge in [-0.1, -0.05) is 17.8 Å². The van der Waals surface area contributed by atoms with Crippen LogP contribution in [0.1, 0.15) is 18.5 Å². The lowest BCUT2D eigenvalue weighted by molar-refractivity contribution is 0.506. The zero-order valence-electron chi connectivity index (χ0n) is 10.2. The Hall–Kier alpha value is -1.46. The molecule has 0 saturated carbocycles. The van der Waals surface area contributed by atoms with Crippen LogP contribution in [0.5, 0.6) is 0 Å². The molecule has 0 radical (unpaired) electrons. The second-order valence-electron chi connectivity index (χ2n) is 4.12. The number of benzene rings is 2. The Morgan fingerprint density at radius 3 is 2.37 bits per heavy atom. The van der Waals surface area contributed by atoms with E-state index in [1.165, 1.54) is 12.1 Å². The molecule has 0 heterocycles. The fourth-order valence-corrected chi connectivity index (χ4v) is 2.81. The second-order valence-corrected chi connectivity index (χ2v) is 5.23. The van der Waals surface area contributed by atoms with Gasteiger partial charge in [0.05, 0.1) is 0 Å². The predicted molar refractivity (Wildman–Crippen MR) is 69.5 cm³/mol. The Kier molecular flexibility index (Phi) is 4.17. The third-order valence-corrected chi connectivity index (χ3v) is 3.65. The van der Waals surface area contributed by atoms with Gasteiger partial charge in [-0.2, -0.15) is 0 Å². The molecule has 100 valence electrons. The molecule has 0 aliphatic carbocycles. The summed E-state index contributed by atoms with van der Waals surface area (Å²) in [4.78, 5) is 1.09. The van der Waals surface area contributed by atoms with E-state index in [1.54, 1.807) is 19.1 Å². The van der Waals surface area contributed by atoms with Crippen LogP contribution >= 0.6 is 11.8 Å². The van der Waals surface area contributed by atoms with E-state index in [9.17, 15) is 13.2 Å². The third-order valence-electron chi connectivity index (χ3n) is 2.59. The molecule has 2 aromatic rings. The molecule has 0 bridgehead atoms. The van der Waals surface area contributed by atoms with E-state index in [0.717, 1.165) is 23.9 Å². The number of halogens is 3. The fraction of sp³-hybridized carbons (Fsp3) is 0.143. The minimum Gasteiger partial charge on any atom is -0.324 e. The van der Waals surface area contributed by atoms with Gasteiger partial charge < -0.3 is 5.73 Å². The topological polar surface area (TPSA) is 26.0 Å². The van der Waals surface area contributed by atoms with Crippen LogP contribution in [-0.2, 0) is 0 Å². The van der Waals surface area contributed by atoms with Crippen molar-refractivity contribution >= 4 is 11.8 Å². The van der Waals surface area contributed by atoms with E-state index in [1.807, 2.05) is 0 Å². The van der Waals surface area contributed by atoms with Crippen LogP contribution in [0.15, 0.2) is 46.2 Å². The van der Waals surface area contributed by atoms with Crippen LogP contribution in [0.4, 0.5) is 13.2 Å². The van der Waals surface area contributed by atoms with Gasteiger partial charge in [0.25, 0.3) is 0 Å². The molecule has 1 unspecified atom stereocenters. The van der Waals surface area contributed by atoms with E-state index in [-0.39, 0.29) is 0 Å². The smallest absolute Gasteiger partial charge is 0.159 e. The lowest BCUT2D eigenvalue weighted by atomic mass is 10.1. The molecule has 5 heteroatoms. The fourth-order valence-electron chi connectivity index (χ4n) is 1.72. The van der Waals surface area contributed by atoms with Crippen molar-refractivity contribution in [2.75, 3.05) is 0 Å². The molecule has 2 rings (SSSR count). The van der Waals surface area contributed by atoms with Gasteiger partial charge in [0.2, 0.25) is 0 Å². The van der Waals surface area contributed by atoms with E-state index < -0.39 is 23.5 Å². The van der Waals surface area contributed by atoms with Crippen molar-refractivity contribution in [1.82, 2.24) is 0 Å². The van der Waals surface area contributed by atoms with Crippen molar-refractivity contribution in [3.8, 4) is 0 Å². The predicted octanol–water partition coefficient (Wildman–Crippen LogP) is 4.27. The summed E-state index contributed by atoms with van der Waals surface area (Å²) in [5, 5.41) is 0. The van der Waals surface area contributed by atoms with Gasteiger partial charge in [-0.25, -0.2) is 13.2 Å². The molecule has 1 nitrogen and oxygen atoms in total. The number of rotatable bonds is 3. The van der Waals surface area contributed by atoms with Gasteiger partial charge in [-0.15, -0.1) is 0 Å². The molecule has 2 aromatic carbocycles. The Bertz CT molecular complexity index is 599. The van der Waals surface area contributed by atoms with Crippen molar-refractivity contribution in [2.24, 2.45) is 5.73 Å². The molecule has 0 spiro atoms. The maximum atomic E-state index is 13.7. The zero-order valence-corrected chi connectivity index (χ0v) is 11.0. The maximum Gasteiger partial charge on any atom is 0.159 e. The average Bonchev–Trinajstić information content (AvgIpc) is 2.33. The highest BCUT2D eigenvalue weighted by atomic mass is 32.2. The summed E-state index contributed by atoms with van der Waals surface area (Å²) in [6, 6.07) is 7.68. The molecule has 0 amide bonds. The SMILES string of the molecule is CC(N)c1c(F)cccc1Sc1ccc(F)c(F)c1. The van der Waals surface area contributed by atoms with Gasteiger partial charge in [0.1, 0.15) is 5.82 Å². The van der Waals surface area contributed by atoms with Crippen LogP contribution < -0.4 is 5.73 Å². The average molecular weight is 283 g/mol. The van der Waals surface area contributed by atoms with Crippen LogP contribution in [0.2, 0.25) is 0 Å². The standard InChI is InChI=1S/C14H12F3NS/c1-8(18)14-11(16)3-2-4-13(14)19-9-5-6-10(15)12(17)7-9/h2-8H,18H2,1H3. The highest BCUT2D eigenvalue weighted by Crippen LogP contribution is 2.34. The van der Waals surface area contributed by atoms with Crippen molar-refractivity contribution in [3.05, 3.63) is 59.4 Å². The van der Waals surface area contributed by atoms with Gasteiger partial charge >= 0.3 is 0 Å². The Morgan fingerprint density at radius 2 is 1.74 bits per heavy atom. The number of hydrogen-bond donors (Lipinski definition) is 1. The highest BCUT2D eigenvalue weighted by molar-refractivity contribution is 7.99. The normalized spacial score (nSPS) is 12.5. The molecular weight excluding hydrogens is 271 g/mol. The van der Waals surface area contributed by atoms with Gasteiger partial charge in [-0.3, -0.25) is 0 Å². The zero-order chi connectivity index (χ0) is 14.0. The summed E-state index contributed by atoms with van der Waals surface area (Å²) in [5.41, 5.74) is 6.11. The monoisotopic (exact) mass is 283 g/mol. The minimum absolute atomic E-state index is 0.372. The molecule has 0 saturated heterocycles. The van der Waals surface area contributed by atoms with Crippen molar-refractivity contribution in [1.29, 1.82) is 0 Å². The summed E-state index contributed by atoms with van der Waals surface area (Å²) in [6.07, 6.45) is 0. The summed E-state index contributed by atoms with van der Waals surface area (Å²) in [6.45, 7) is 1.67. The molecule has 0 fully saturated rings. The molecule has 19 heavy (non-hydrogen) atoms. The van der Waals surface area contributed by atoms with Gasteiger partial charge in [-0.05, 0) is 37.3 Å². The number of nitrogens with two attached hydrogens (primary N) is 1. The van der Waals surface area contributed by atoms with Crippen molar-refractivity contribution in [3.63, 3.8) is 0 Å². The third kappa shape index (κ3) is 3.11. The summed E-state index contributed by atoms with van der Waals surface area (Å²) >= 11 is 1.15.